The smallest absolute Gasteiger partial charge is 0.327 e. The van der Waals surface area contributed by atoms with Gasteiger partial charge in [-0.15, -0.1) is 0 Å². The van der Waals surface area contributed by atoms with Crippen LogP contribution in [0.1, 0.15) is 0 Å². The molecule has 112 heavy (non-hydrogen) atoms. The van der Waals surface area contributed by atoms with Crippen molar-refractivity contribution >= 4 is 101 Å². The van der Waals surface area contributed by atoms with Crippen LogP contribution in [0.5, 0.6) is 0 Å². The summed E-state index contributed by atoms with van der Waals surface area (Å²) in [5, 5.41) is 231. The number of rotatable bonds is 29. The minimum absolute atomic E-state index is 0.406. The van der Waals surface area contributed by atoms with Crippen molar-refractivity contribution in [3.8, 4) is 0 Å². The van der Waals surface area contributed by atoms with Gasteiger partial charge in [-0.2, -0.15) is 0 Å². The number of carboxylic acids is 17. The van der Waals surface area contributed by atoms with Crippen molar-refractivity contribution in [3.63, 3.8) is 0 Å². The average molecular weight is 1630 g/mol. The van der Waals surface area contributed by atoms with Gasteiger partial charge >= 0.3 is 101 Å². The predicted octanol–water partition coefficient (Wildman–Crippen LogP) is -1.81. The van der Waals surface area contributed by atoms with E-state index in [9.17, 15) is 81.5 Å². The molecule has 46 nitrogen and oxygen atoms in total. The molecule has 0 spiro atoms. The number of aliphatic hydroxyl groups is 12. The molecule has 0 fully saturated rings. The minimum Gasteiger partial charge on any atom is -0.478 e. The topological polar surface area (TPSA) is 877 Å². The normalized spacial score (nSPS) is 7.75. The van der Waals surface area contributed by atoms with Gasteiger partial charge in [0.1, 0.15) is 0 Å². The van der Waals surface area contributed by atoms with E-state index in [2.05, 4.69) is 112 Å². The van der Waals surface area contributed by atoms with E-state index in [0.717, 1.165) is 103 Å². The molecule has 644 valence electrons. The summed E-state index contributed by atoms with van der Waals surface area (Å²) in [6.45, 7) is 45.5. The molecule has 0 unspecified atom stereocenters. The number of hydrogen-bond donors (Lipinski definition) is 29. The summed E-state index contributed by atoms with van der Waals surface area (Å²) < 4.78 is 0. The van der Waals surface area contributed by atoms with Crippen molar-refractivity contribution in [3.05, 3.63) is 215 Å². The predicted molar refractivity (Wildman–Crippen MR) is 395 cm³/mol. The van der Waals surface area contributed by atoms with Crippen molar-refractivity contribution in [1.82, 2.24) is 0 Å². The molecule has 0 atom stereocenters. The molecule has 0 aliphatic rings. The molecule has 0 rings (SSSR count). The molecule has 29 N–H and O–H groups in total. The lowest BCUT2D eigenvalue weighted by Gasteiger charge is -2.23. The van der Waals surface area contributed by atoms with Gasteiger partial charge in [0.05, 0.1) is 95.5 Å². The van der Waals surface area contributed by atoms with Crippen LogP contribution in [0.15, 0.2) is 215 Å². The summed E-state index contributed by atoms with van der Waals surface area (Å²) in [5.41, 5.74) is -3.33. The zero-order chi connectivity index (χ0) is 94.8. The number of aliphatic carboxylic acids is 17. The van der Waals surface area contributed by atoms with Gasteiger partial charge in [0.2, 0.25) is 0 Å². The number of carboxylic acid groups (broad SMARTS) is 17. The third kappa shape index (κ3) is 276. The Bertz CT molecular complexity index is 2010. The molecule has 0 aromatic heterocycles. The maximum atomic E-state index is 9.25. The van der Waals surface area contributed by atoms with E-state index in [-0.39, 0.29) is 0 Å². The third-order valence-corrected chi connectivity index (χ3v) is 6.99. The first-order chi connectivity index (χ1) is 51.3. The van der Waals surface area contributed by atoms with Crippen LogP contribution in [0, 0.1) is 16.2 Å². The fourth-order valence-corrected chi connectivity index (χ4v) is 0.900. The zero-order valence-electron chi connectivity index (χ0n) is 60.2. The molecule has 0 aromatic rings. The summed E-state index contributed by atoms with van der Waals surface area (Å²) in [4.78, 5) is 157. The minimum atomic E-state index is -1.11. The Hall–Kier alpha value is -13.9. The maximum absolute atomic E-state index is 9.25. The first kappa shape index (κ1) is 152. The molecule has 0 saturated carbocycles. The molecular weight excluding hydrogens is 1530 g/mol. The second-order valence-electron chi connectivity index (χ2n) is 15.6. The highest BCUT2D eigenvalue weighted by Crippen LogP contribution is 2.13. The lowest BCUT2D eigenvalue weighted by atomic mass is 9.93. The summed E-state index contributed by atoms with van der Waals surface area (Å²) in [6, 6.07) is 0. The standard InChI is InChI=1S/3C5H12O4.17C3H4O2/c3*6-1-5(2-7,3-8)4-9;17*1-2-3(4)5/h3*6-9H,1-4H2;17*2H,1H2,(H,4,5). The van der Waals surface area contributed by atoms with Gasteiger partial charge in [0.15, 0.2) is 0 Å². The van der Waals surface area contributed by atoms with Gasteiger partial charge in [-0.1, -0.05) is 112 Å². The van der Waals surface area contributed by atoms with Crippen LogP contribution >= 0.6 is 0 Å². The van der Waals surface area contributed by atoms with Gasteiger partial charge < -0.3 is 148 Å². The van der Waals surface area contributed by atoms with E-state index in [0.29, 0.717) is 0 Å². The quantitative estimate of drug-likeness (QED) is 0.0367. The average Bonchev–Trinajstić information content (AvgIpc) is 0.932. The summed E-state index contributed by atoms with van der Waals surface area (Å²) >= 11 is 0. The van der Waals surface area contributed by atoms with Gasteiger partial charge in [-0.05, 0) is 0 Å². The molecule has 0 aliphatic heterocycles. The van der Waals surface area contributed by atoms with Gasteiger partial charge in [0, 0.05) is 103 Å². The van der Waals surface area contributed by atoms with Crippen molar-refractivity contribution < 1.29 is 230 Å². The number of carbonyl (C=O) groups is 17. The Labute approximate surface area is 640 Å². The first-order valence-electron chi connectivity index (χ1n) is 27.2. The van der Waals surface area contributed by atoms with E-state index >= 15 is 0 Å². The van der Waals surface area contributed by atoms with Crippen molar-refractivity contribution in [1.29, 1.82) is 0 Å². The Balaban J connectivity index is -0.0000000444. The highest BCUT2D eigenvalue weighted by molar-refractivity contribution is 5.83. The second-order valence-corrected chi connectivity index (χ2v) is 15.6. The largest absolute Gasteiger partial charge is 0.478 e. The SMILES string of the molecule is C=CC(=O)O.C=CC(=O)O.C=CC(=O)O.C=CC(=O)O.C=CC(=O)O.C=CC(=O)O.C=CC(=O)O.C=CC(=O)O.C=CC(=O)O.C=CC(=O)O.C=CC(=O)O.C=CC(=O)O.C=CC(=O)O.C=CC(=O)O.C=CC(=O)O.C=CC(=O)O.C=CC(=O)O.OCC(CO)(CO)CO.OCC(CO)(CO)CO.OCC(CO)(CO)CO. The van der Waals surface area contributed by atoms with Crippen LogP contribution < -0.4 is 0 Å². The van der Waals surface area contributed by atoms with Crippen molar-refractivity contribution in [2.45, 2.75) is 0 Å². The van der Waals surface area contributed by atoms with Crippen molar-refractivity contribution in [2.75, 3.05) is 79.3 Å². The number of aliphatic hydroxyl groups excluding tert-OH is 12. The molecule has 0 bridgehead atoms. The van der Waals surface area contributed by atoms with Crippen LogP contribution in [0.3, 0.4) is 0 Å². The van der Waals surface area contributed by atoms with Gasteiger partial charge in [-0.25, -0.2) is 81.5 Å². The molecule has 0 aliphatic carbocycles. The highest BCUT2D eigenvalue weighted by Gasteiger charge is 2.28. The van der Waals surface area contributed by atoms with E-state index in [1.54, 1.807) is 0 Å². The Morgan fingerprint density at radius 2 is 0.161 bits per heavy atom. The first-order valence-corrected chi connectivity index (χ1v) is 27.2. The lowest BCUT2D eigenvalue weighted by molar-refractivity contribution is -0.132. The van der Waals surface area contributed by atoms with E-state index in [1.165, 1.54) is 0 Å². The summed E-state index contributed by atoms with van der Waals surface area (Å²) in [7, 11) is 0. The molecule has 46 heteroatoms. The van der Waals surface area contributed by atoms with E-state index in [1.807, 2.05) is 0 Å². The van der Waals surface area contributed by atoms with Crippen LogP contribution in [0.25, 0.3) is 0 Å². The van der Waals surface area contributed by atoms with Gasteiger partial charge in [-0.3, -0.25) is 0 Å². The lowest BCUT2D eigenvalue weighted by Crippen LogP contribution is -2.37. The monoisotopic (exact) mass is 1630 g/mol. The third-order valence-electron chi connectivity index (χ3n) is 6.99. The molecule has 0 saturated heterocycles. The van der Waals surface area contributed by atoms with Gasteiger partial charge in [0.25, 0.3) is 0 Å². The highest BCUT2D eigenvalue weighted by atomic mass is 16.4. The van der Waals surface area contributed by atoms with Crippen LogP contribution in [0.4, 0.5) is 0 Å². The fraction of sp³-hybridized carbons (Fsp3) is 0.227. The van der Waals surface area contributed by atoms with Crippen LogP contribution in [0.2, 0.25) is 0 Å². The van der Waals surface area contributed by atoms with E-state index in [4.69, 9.17) is 148 Å². The molecule has 0 heterocycles. The van der Waals surface area contributed by atoms with E-state index < -0.39 is 197 Å². The van der Waals surface area contributed by atoms with Crippen LogP contribution in [-0.2, 0) is 81.5 Å². The Kier molecular flexibility index (Phi) is 172. The molecule has 0 aromatic carbocycles. The molecular formula is C66H104O46. The summed E-state index contributed by atoms with van der Waals surface area (Å²) in [6.07, 6.45) is 14.2. The fourth-order valence-electron chi connectivity index (χ4n) is 0.900. The Morgan fingerprint density at radius 1 is 0.134 bits per heavy atom. The Morgan fingerprint density at radius 3 is 0.161 bits per heavy atom. The number of hydrogen-bond acceptors (Lipinski definition) is 29. The second kappa shape index (κ2) is 127. The molecule has 0 amide bonds. The van der Waals surface area contributed by atoms with Crippen molar-refractivity contribution in [2.24, 2.45) is 16.2 Å². The zero-order valence-corrected chi connectivity index (χ0v) is 60.2. The van der Waals surface area contributed by atoms with Crippen LogP contribution in [-0.4, -0.2) is 329 Å². The maximum Gasteiger partial charge on any atom is 0.327 e. The summed E-state index contributed by atoms with van der Waals surface area (Å²) in [5.74, 6) is -16.7. The molecule has 0 radical (unpaired) electrons.